The van der Waals surface area contributed by atoms with E-state index in [1.54, 1.807) is 0 Å². The molecule has 0 radical (unpaired) electrons. The van der Waals surface area contributed by atoms with Crippen molar-refractivity contribution in [2.24, 2.45) is 5.73 Å². The number of hydrogen-bond acceptors (Lipinski definition) is 2. The Bertz CT molecular complexity index is 348. The van der Waals surface area contributed by atoms with Crippen molar-refractivity contribution in [2.45, 2.75) is 38.1 Å². The highest BCUT2D eigenvalue weighted by molar-refractivity contribution is 7.99. The van der Waals surface area contributed by atoms with E-state index in [0.29, 0.717) is 0 Å². The first-order valence-electron chi connectivity index (χ1n) is 6.04. The van der Waals surface area contributed by atoms with Gasteiger partial charge in [-0.05, 0) is 55.2 Å². The predicted molar refractivity (Wildman–Crippen MR) is 73.0 cm³/mol. The summed E-state index contributed by atoms with van der Waals surface area (Å²) < 4.78 is 0. The highest BCUT2D eigenvalue weighted by atomic mass is 32.2. The van der Waals surface area contributed by atoms with Crippen molar-refractivity contribution in [1.29, 1.82) is 0 Å². The number of hydrogen-bond donors (Lipinski definition) is 1. The second-order valence-electron chi connectivity index (χ2n) is 5.23. The number of nitrogens with two attached hydrogens (primary N) is 1. The van der Waals surface area contributed by atoms with Crippen LogP contribution in [0.3, 0.4) is 0 Å². The van der Waals surface area contributed by atoms with Gasteiger partial charge in [0.05, 0.1) is 0 Å². The average Bonchev–Trinajstić information content (AvgIpc) is 2.29. The molecule has 0 saturated carbocycles. The van der Waals surface area contributed by atoms with E-state index in [2.05, 4.69) is 49.9 Å². The molecule has 1 aliphatic heterocycles. The van der Waals surface area contributed by atoms with Crippen LogP contribution in [0.2, 0.25) is 0 Å². The number of thioether (sulfide) groups is 1. The van der Waals surface area contributed by atoms with Gasteiger partial charge in [0.15, 0.2) is 0 Å². The lowest BCUT2D eigenvalue weighted by Gasteiger charge is -2.25. The van der Waals surface area contributed by atoms with Gasteiger partial charge in [0, 0.05) is 5.54 Å². The Kier molecular flexibility index (Phi) is 3.60. The molecule has 2 rings (SSSR count). The van der Waals surface area contributed by atoms with Crippen LogP contribution in [0.1, 0.15) is 43.7 Å². The lowest BCUT2D eigenvalue weighted by molar-refractivity contribution is 0.550. The van der Waals surface area contributed by atoms with E-state index in [1.807, 2.05) is 0 Å². The molecule has 0 unspecified atom stereocenters. The fourth-order valence-electron chi connectivity index (χ4n) is 2.22. The van der Waals surface area contributed by atoms with Gasteiger partial charge in [-0.2, -0.15) is 11.8 Å². The maximum absolute atomic E-state index is 6.15. The zero-order valence-corrected chi connectivity index (χ0v) is 11.0. The molecule has 1 aromatic carbocycles. The topological polar surface area (TPSA) is 26.0 Å². The molecule has 0 amide bonds. The lowest BCUT2D eigenvalue weighted by Crippen LogP contribution is -2.28. The van der Waals surface area contributed by atoms with Crippen molar-refractivity contribution >= 4 is 11.8 Å². The van der Waals surface area contributed by atoms with E-state index < -0.39 is 0 Å². The van der Waals surface area contributed by atoms with Crippen LogP contribution in [-0.4, -0.2) is 11.5 Å². The molecule has 1 aromatic rings. The van der Waals surface area contributed by atoms with Gasteiger partial charge < -0.3 is 5.73 Å². The van der Waals surface area contributed by atoms with Crippen LogP contribution in [0.4, 0.5) is 0 Å². The van der Waals surface area contributed by atoms with Crippen molar-refractivity contribution in [3.05, 3.63) is 35.4 Å². The molecular weight excluding hydrogens is 214 g/mol. The summed E-state index contributed by atoms with van der Waals surface area (Å²) in [5, 5.41) is 0. The van der Waals surface area contributed by atoms with Gasteiger partial charge in [-0.15, -0.1) is 0 Å². The molecule has 16 heavy (non-hydrogen) atoms. The third-order valence-corrected chi connectivity index (χ3v) is 4.37. The molecule has 1 saturated heterocycles. The standard InChI is InChI=1S/C14H21NS/c1-14(2,15)13-5-3-4-12(10-13)11-6-8-16-9-7-11/h3-5,10-11H,6-9,15H2,1-2H3. The Hall–Kier alpha value is -0.470. The molecule has 2 heteroatoms. The third-order valence-electron chi connectivity index (χ3n) is 3.32. The zero-order chi connectivity index (χ0) is 11.6. The van der Waals surface area contributed by atoms with Crippen molar-refractivity contribution in [2.75, 3.05) is 11.5 Å². The number of rotatable bonds is 2. The predicted octanol–water partition coefficient (Wildman–Crippen LogP) is 3.49. The summed E-state index contributed by atoms with van der Waals surface area (Å²) in [6.07, 6.45) is 2.64. The van der Waals surface area contributed by atoms with Crippen LogP contribution in [0, 0.1) is 0 Å². The SMILES string of the molecule is CC(C)(N)c1cccc(C2CCSCC2)c1. The first-order chi connectivity index (χ1) is 7.57. The van der Waals surface area contributed by atoms with Gasteiger partial charge in [-0.25, -0.2) is 0 Å². The van der Waals surface area contributed by atoms with Crippen molar-refractivity contribution in [1.82, 2.24) is 0 Å². The second-order valence-corrected chi connectivity index (χ2v) is 6.46. The normalized spacial score (nSPS) is 18.7. The maximum atomic E-state index is 6.15. The fourth-order valence-corrected chi connectivity index (χ4v) is 3.33. The first-order valence-corrected chi connectivity index (χ1v) is 7.20. The minimum atomic E-state index is -0.223. The molecule has 0 aromatic heterocycles. The van der Waals surface area contributed by atoms with Crippen molar-refractivity contribution < 1.29 is 0 Å². The molecule has 1 fully saturated rings. The summed E-state index contributed by atoms with van der Waals surface area (Å²) in [5.74, 6) is 3.37. The molecule has 0 atom stereocenters. The average molecular weight is 235 g/mol. The van der Waals surface area contributed by atoms with Gasteiger partial charge >= 0.3 is 0 Å². The lowest BCUT2D eigenvalue weighted by atomic mass is 9.88. The van der Waals surface area contributed by atoms with E-state index in [4.69, 9.17) is 5.73 Å². The Labute approximate surface area is 103 Å². The van der Waals surface area contributed by atoms with Crippen LogP contribution in [0.5, 0.6) is 0 Å². The molecule has 88 valence electrons. The molecule has 2 N–H and O–H groups in total. The molecule has 1 nitrogen and oxygen atoms in total. The molecule has 0 aliphatic carbocycles. The van der Waals surface area contributed by atoms with Gasteiger partial charge in [-0.3, -0.25) is 0 Å². The molecular formula is C14H21NS. The van der Waals surface area contributed by atoms with Gasteiger partial charge in [0.25, 0.3) is 0 Å². The smallest absolute Gasteiger partial charge is 0.0352 e. The second kappa shape index (κ2) is 4.80. The van der Waals surface area contributed by atoms with Crippen molar-refractivity contribution in [3.8, 4) is 0 Å². The summed E-state index contributed by atoms with van der Waals surface area (Å²) >= 11 is 2.08. The van der Waals surface area contributed by atoms with Crippen LogP contribution >= 0.6 is 11.8 Å². The largest absolute Gasteiger partial charge is 0.322 e. The molecule has 1 heterocycles. The molecule has 0 bridgehead atoms. The first kappa shape index (κ1) is 12.0. The number of benzene rings is 1. The van der Waals surface area contributed by atoms with E-state index >= 15 is 0 Å². The Morgan fingerprint density at radius 2 is 1.94 bits per heavy atom. The van der Waals surface area contributed by atoms with Gasteiger partial charge in [0.1, 0.15) is 0 Å². The van der Waals surface area contributed by atoms with Crippen molar-refractivity contribution in [3.63, 3.8) is 0 Å². The van der Waals surface area contributed by atoms with Gasteiger partial charge in [0.2, 0.25) is 0 Å². The summed E-state index contributed by atoms with van der Waals surface area (Å²) in [6.45, 7) is 4.14. The Balaban J connectivity index is 2.21. The summed E-state index contributed by atoms with van der Waals surface area (Å²) in [7, 11) is 0. The zero-order valence-electron chi connectivity index (χ0n) is 10.2. The third kappa shape index (κ3) is 2.80. The quantitative estimate of drug-likeness (QED) is 0.849. The van der Waals surface area contributed by atoms with Crippen LogP contribution in [0.25, 0.3) is 0 Å². The minimum absolute atomic E-state index is 0.223. The highest BCUT2D eigenvalue weighted by Gasteiger charge is 2.19. The van der Waals surface area contributed by atoms with Crippen LogP contribution < -0.4 is 5.73 Å². The van der Waals surface area contributed by atoms with E-state index in [0.717, 1.165) is 5.92 Å². The van der Waals surface area contributed by atoms with Crippen LogP contribution in [-0.2, 0) is 5.54 Å². The summed E-state index contributed by atoms with van der Waals surface area (Å²) in [5.41, 5.74) is 8.66. The fraction of sp³-hybridized carbons (Fsp3) is 0.571. The summed E-state index contributed by atoms with van der Waals surface area (Å²) in [4.78, 5) is 0. The highest BCUT2D eigenvalue weighted by Crippen LogP contribution is 2.32. The van der Waals surface area contributed by atoms with Crippen LogP contribution in [0.15, 0.2) is 24.3 Å². The Morgan fingerprint density at radius 3 is 2.56 bits per heavy atom. The Morgan fingerprint density at radius 1 is 1.25 bits per heavy atom. The van der Waals surface area contributed by atoms with Gasteiger partial charge in [-0.1, -0.05) is 24.3 Å². The monoisotopic (exact) mass is 235 g/mol. The van der Waals surface area contributed by atoms with E-state index in [1.165, 1.54) is 35.5 Å². The van der Waals surface area contributed by atoms with E-state index in [-0.39, 0.29) is 5.54 Å². The van der Waals surface area contributed by atoms with E-state index in [9.17, 15) is 0 Å². The summed E-state index contributed by atoms with van der Waals surface area (Å²) in [6, 6.07) is 8.86. The minimum Gasteiger partial charge on any atom is -0.322 e. The molecule has 1 aliphatic rings. The molecule has 0 spiro atoms. The maximum Gasteiger partial charge on any atom is 0.0352 e.